The average molecular weight is 346 g/mol. The van der Waals surface area contributed by atoms with Gasteiger partial charge in [-0.2, -0.15) is 13.2 Å². The second-order valence-electron chi connectivity index (χ2n) is 6.05. The van der Waals surface area contributed by atoms with E-state index in [4.69, 9.17) is 4.42 Å². The number of aryl methyl sites for hydroxylation is 2. The van der Waals surface area contributed by atoms with Gasteiger partial charge in [0.05, 0.1) is 0 Å². The van der Waals surface area contributed by atoms with E-state index in [1.54, 1.807) is 6.07 Å². The van der Waals surface area contributed by atoms with Crippen molar-refractivity contribution in [1.82, 2.24) is 10.2 Å². The van der Waals surface area contributed by atoms with Crippen LogP contribution in [0.3, 0.4) is 0 Å². The Hall–Kier alpha value is -1.99. The molecule has 1 aliphatic rings. The number of nitrogens with zero attached hydrogens (tertiary/aromatic N) is 1. The molecule has 0 radical (unpaired) electrons. The van der Waals surface area contributed by atoms with Gasteiger partial charge in [-0.05, 0) is 31.4 Å². The molecule has 5 nitrogen and oxygen atoms in total. The van der Waals surface area contributed by atoms with Gasteiger partial charge in [0, 0.05) is 25.9 Å². The minimum Gasteiger partial charge on any atom is -0.456 e. The number of likely N-dealkylation sites (tertiary alicyclic amines) is 1. The molecule has 1 aliphatic heterocycles. The summed E-state index contributed by atoms with van der Waals surface area (Å²) in [6.07, 6.45) is -3.89. The number of hydrogen-bond acceptors (Lipinski definition) is 3. The Bertz CT molecular complexity index is 625. The van der Waals surface area contributed by atoms with Crippen LogP contribution in [0.15, 0.2) is 10.5 Å². The second kappa shape index (κ2) is 6.86. The van der Waals surface area contributed by atoms with Crippen molar-refractivity contribution in [3.63, 3.8) is 0 Å². The summed E-state index contributed by atoms with van der Waals surface area (Å²) in [6.45, 7) is 4.67. The largest absolute Gasteiger partial charge is 0.456 e. The van der Waals surface area contributed by atoms with Crippen molar-refractivity contribution in [2.24, 2.45) is 0 Å². The third-order valence-corrected chi connectivity index (χ3v) is 4.26. The third kappa shape index (κ3) is 3.91. The molecule has 134 valence electrons. The number of nitrogens with one attached hydrogen (secondary N) is 1. The molecule has 24 heavy (non-hydrogen) atoms. The molecular weight excluding hydrogens is 325 g/mol. The highest BCUT2D eigenvalue weighted by atomic mass is 19.4. The summed E-state index contributed by atoms with van der Waals surface area (Å²) in [5.41, 5.74) is 0.855. The number of hydrogen-bond donors (Lipinski definition) is 1. The molecule has 0 unspecified atom stereocenters. The van der Waals surface area contributed by atoms with E-state index in [1.807, 2.05) is 13.8 Å². The van der Waals surface area contributed by atoms with Crippen LogP contribution in [0.1, 0.15) is 48.6 Å². The van der Waals surface area contributed by atoms with E-state index in [-0.39, 0.29) is 25.1 Å². The number of halogens is 3. The van der Waals surface area contributed by atoms with Gasteiger partial charge in [-0.25, -0.2) is 0 Å². The third-order valence-electron chi connectivity index (χ3n) is 4.26. The molecular formula is C16H21F3N2O3. The van der Waals surface area contributed by atoms with Crippen LogP contribution in [0.4, 0.5) is 13.2 Å². The zero-order valence-electron chi connectivity index (χ0n) is 13.9. The van der Waals surface area contributed by atoms with Crippen LogP contribution < -0.4 is 5.32 Å². The lowest BCUT2D eigenvalue weighted by Crippen LogP contribution is -2.57. The minimum atomic E-state index is -4.46. The number of furan rings is 1. The highest BCUT2D eigenvalue weighted by molar-refractivity contribution is 5.92. The number of amides is 2. The van der Waals surface area contributed by atoms with Gasteiger partial charge in [0.1, 0.15) is 11.8 Å². The van der Waals surface area contributed by atoms with Crippen molar-refractivity contribution in [1.29, 1.82) is 0 Å². The quantitative estimate of drug-likeness (QED) is 0.915. The molecule has 0 aliphatic carbocycles. The fourth-order valence-corrected chi connectivity index (χ4v) is 3.02. The Morgan fingerprint density at radius 3 is 2.54 bits per heavy atom. The zero-order valence-corrected chi connectivity index (χ0v) is 13.9. The molecule has 1 aromatic rings. The molecule has 0 bridgehead atoms. The summed E-state index contributed by atoms with van der Waals surface area (Å²) in [5, 5.41) is 2.66. The summed E-state index contributed by atoms with van der Waals surface area (Å²) in [4.78, 5) is 24.5. The monoisotopic (exact) mass is 346 g/mol. The maximum atomic E-state index is 13.0. The lowest BCUT2D eigenvalue weighted by Gasteiger charge is -2.40. The van der Waals surface area contributed by atoms with Crippen molar-refractivity contribution in [2.75, 3.05) is 6.54 Å². The second-order valence-corrected chi connectivity index (χ2v) is 6.05. The predicted octanol–water partition coefficient (Wildman–Crippen LogP) is 2.82. The standard InChI is InChI=1S/C16H21F3N2O3/c1-4-12-9(2)7-13(24-12)15(23)20-11-5-6-14(16(17,18)19)21(8-11)10(3)22/h7,11,14H,4-6,8H2,1-3H3,(H,20,23)/t11-,14+/m1/s1. The first kappa shape index (κ1) is 18.4. The molecule has 0 saturated carbocycles. The number of carbonyl (C=O) groups excluding carboxylic acids is 2. The maximum absolute atomic E-state index is 13.0. The molecule has 8 heteroatoms. The topological polar surface area (TPSA) is 62.6 Å². The van der Waals surface area contributed by atoms with Crippen LogP contribution in [0, 0.1) is 6.92 Å². The van der Waals surface area contributed by atoms with Gasteiger partial charge in [-0.15, -0.1) is 0 Å². The van der Waals surface area contributed by atoms with Gasteiger partial charge in [0.15, 0.2) is 5.76 Å². The Morgan fingerprint density at radius 2 is 2.04 bits per heavy atom. The van der Waals surface area contributed by atoms with E-state index >= 15 is 0 Å². The van der Waals surface area contributed by atoms with E-state index in [0.29, 0.717) is 12.2 Å². The van der Waals surface area contributed by atoms with E-state index in [9.17, 15) is 22.8 Å². The minimum absolute atomic E-state index is 0.136. The fourth-order valence-electron chi connectivity index (χ4n) is 3.02. The van der Waals surface area contributed by atoms with E-state index in [2.05, 4.69) is 5.32 Å². The van der Waals surface area contributed by atoms with Gasteiger partial charge in [-0.1, -0.05) is 6.92 Å². The van der Waals surface area contributed by atoms with Gasteiger partial charge in [0.25, 0.3) is 5.91 Å². The molecule has 0 aromatic carbocycles. The molecule has 2 amide bonds. The number of carbonyl (C=O) groups is 2. The van der Waals surface area contributed by atoms with Crippen LogP contribution in [0.5, 0.6) is 0 Å². The highest BCUT2D eigenvalue weighted by Gasteiger charge is 2.47. The lowest BCUT2D eigenvalue weighted by molar-refractivity contribution is -0.196. The maximum Gasteiger partial charge on any atom is 0.408 e. The zero-order chi connectivity index (χ0) is 18.1. The predicted molar refractivity (Wildman–Crippen MR) is 80.5 cm³/mol. The van der Waals surface area contributed by atoms with Crippen molar-refractivity contribution in [2.45, 2.75) is 58.3 Å². The average Bonchev–Trinajstić information content (AvgIpc) is 2.87. The Labute approximate surface area is 138 Å². The van der Waals surface area contributed by atoms with E-state index in [1.165, 1.54) is 0 Å². The smallest absolute Gasteiger partial charge is 0.408 e. The Kier molecular flexibility index (Phi) is 5.25. The molecule has 2 rings (SSSR count). The van der Waals surface area contributed by atoms with Crippen molar-refractivity contribution >= 4 is 11.8 Å². The van der Waals surface area contributed by atoms with Gasteiger partial charge < -0.3 is 14.6 Å². The summed E-state index contributed by atoms with van der Waals surface area (Å²) >= 11 is 0. The fraction of sp³-hybridized carbons (Fsp3) is 0.625. The van der Waals surface area contributed by atoms with Crippen LogP contribution in [0.2, 0.25) is 0 Å². The molecule has 0 spiro atoms. The number of rotatable bonds is 3. The van der Waals surface area contributed by atoms with Crippen LogP contribution in [-0.2, 0) is 11.2 Å². The SMILES string of the molecule is CCc1oc(C(=O)N[C@@H]2CC[C@@H](C(F)(F)F)N(C(C)=O)C2)cc1C. The van der Waals surface area contributed by atoms with Crippen molar-refractivity contribution in [3.05, 3.63) is 23.2 Å². The molecule has 1 N–H and O–H groups in total. The van der Waals surface area contributed by atoms with Gasteiger partial charge in [-0.3, -0.25) is 9.59 Å². The summed E-state index contributed by atoms with van der Waals surface area (Å²) in [7, 11) is 0. The summed E-state index contributed by atoms with van der Waals surface area (Å²) in [5.74, 6) is -0.293. The first-order valence-electron chi connectivity index (χ1n) is 7.87. The Balaban J connectivity index is 2.05. The molecule has 2 atom stereocenters. The first-order chi connectivity index (χ1) is 11.1. The number of piperidine rings is 1. The van der Waals surface area contributed by atoms with Crippen LogP contribution in [-0.4, -0.2) is 41.5 Å². The molecule has 1 saturated heterocycles. The van der Waals surface area contributed by atoms with Crippen molar-refractivity contribution in [3.8, 4) is 0 Å². The molecule has 1 aromatic heterocycles. The van der Waals surface area contributed by atoms with Crippen molar-refractivity contribution < 1.29 is 27.2 Å². The highest BCUT2D eigenvalue weighted by Crippen LogP contribution is 2.32. The lowest BCUT2D eigenvalue weighted by atomic mass is 9.97. The molecule has 1 fully saturated rings. The Morgan fingerprint density at radius 1 is 1.38 bits per heavy atom. The number of alkyl halides is 3. The van der Waals surface area contributed by atoms with Crippen LogP contribution >= 0.6 is 0 Å². The normalized spacial score (nSPS) is 21.7. The van der Waals surface area contributed by atoms with Gasteiger partial charge in [0.2, 0.25) is 5.91 Å². The van der Waals surface area contributed by atoms with E-state index in [0.717, 1.165) is 17.4 Å². The molecule has 2 heterocycles. The van der Waals surface area contributed by atoms with Crippen LogP contribution in [0.25, 0.3) is 0 Å². The van der Waals surface area contributed by atoms with Gasteiger partial charge >= 0.3 is 6.18 Å². The summed E-state index contributed by atoms with van der Waals surface area (Å²) < 4.78 is 44.4. The summed E-state index contributed by atoms with van der Waals surface area (Å²) in [6, 6.07) is -0.714. The first-order valence-corrected chi connectivity index (χ1v) is 7.87. The van der Waals surface area contributed by atoms with E-state index < -0.39 is 30.1 Å².